The molecular formula is C30H50Cl2N4O5. The van der Waals surface area contributed by atoms with E-state index in [0.29, 0.717) is 29.6 Å². The highest BCUT2D eigenvalue weighted by Crippen LogP contribution is 2.26. The van der Waals surface area contributed by atoms with Crippen molar-refractivity contribution >= 4 is 46.5 Å². The molecule has 0 unspecified atom stereocenters. The van der Waals surface area contributed by atoms with Crippen LogP contribution < -0.4 is 0 Å². The van der Waals surface area contributed by atoms with Gasteiger partial charge >= 0.3 is 5.97 Å². The molecule has 0 atom stereocenters. The molecule has 0 saturated carbocycles. The maximum absolute atomic E-state index is 11.2. The number of nitrogens with one attached hydrogen (secondary N) is 1. The van der Waals surface area contributed by atoms with Crippen molar-refractivity contribution in [2.45, 2.75) is 136 Å². The number of aryl methyl sites for hydroxylation is 1. The first kappa shape index (κ1) is 36.9. The van der Waals surface area contributed by atoms with Gasteiger partial charge in [0.1, 0.15) is 11.6 Å². The molecule has 0 aliphatic rings. The lowest BCUT2D eigenvalue weighted by molar-refractivity contribution is -0.144. The summed E-state index contributed by atoms with van der Waals surface area (Å²) in [4.78, 5) is 32.0. The molecule has 234 valence electrons. The molecule has 0 aromatic carbocycles. The van der Waals surface area contributed by atoms with Crippen LogP contribution in [-0.4, -0.2) is 50.7 Å². The Morgan fingerprint density at radius 3 is 1.95 bits per heavy atom. The number of aromatic nitrogens is 4. The van der Waals surface area contributed by atoms with Crippen LogP contribution in [0.15, 0.2) is 0 Å². The molecule has 2 aromatic heterocycles. The minimum absolute atomic E-state index is 0.0686. The maximum Gasteiger partial charge on any atom is 0.306 e. The molecule has 41 heavy (non-hydrogen) atoms. The first-order valence-electron chi connectivity index (χ1n) is 15.1. The van der Waals surface area contributed by atoms with Crippen LogP contribution in [0.4, 0.5) is 0 Å². The average Bonchev–Trinajstić information content (AvgIpc) is 3.48. The summed E-state index contributed by atoms with van der Waals surface area (Å²) in [6.45, 7) is 9.07. The Kier molecular flexibility index (Phi) is 19.4. The van der Waals surface area contributed by atoms with Gasteiger partial charge in [0.25, 0.3) is 6.47 Å². The number of ether oxygens (including phenoxy) is 2. The molecular weight excluding hydrogens is 567 g/mol. The number of H-pyrrole nitrogens is 1. The first-order valence-corrected chi connectivity index (χ1v) is 15.9. The van der Waals surface area contributed by atoms with E-state index in [2.05, 4.69) is 22.2 Å². The van der Waals surface area contributed by atoms with Crippen molar-refractivity contribution in [2.75, 3.05) is 13.2 Å². The highest BCUT2D eigenvalue weighted by Gasteiger charge is 2.29. The van der Waals surface area contributed by atoms with Gasteiger partial charge in [0.15, 0.2) is 11.5 Å². The molecule has 0 radical (unpaired) electrons. The molecule has 0 bridgehead atoms. The number of esters is 1. The topological polar surface area (TPSA) is 116 Å². The third-order valence-electron chi connectivity index (χ3n) is 6.87. The number of fused-ring (bicyclic) bond motifs is 1. The third kappa shape index (κ3) is 15.6. The molecule has 2 rings (SSSR count). The fraction of sp³-hybridized carbons (Fsp3) is 0.767. The zero-order valence-electron chi connectivity index (χ0n) is 25.4. The molecule has 0 saturated heterocycles. The Morgan fingerprint density at radius 2 is 1.44 bits per heavy atom. The van der Waals surface area contributed by atoms with Crippen LogP contribution in [0.1, 0.15) is 135 Å². The lowest BCUT2D eigenvalue weighted by Gasteiger charge is -2.20. The van der Waals surface area contributed by atoms with E-state index in [4.69, 9.17) is 32.7 Å². The summed E-state index contributed by atoms with van der Waals surface area (Å²) in [7, 11) is 0. The standard InChI is InChI=1S/C20H37ClO3.C10H13ClN4O2/c1-2-3-4-5-6-7-8-9-10-11-12-13-14-15-18-24-20(23)17-16-19(21)22;1-6-7(11)8-12-13-9(15(8)14-6)10(2,3)4-17-5-16/h2-18H2,1H3;5,14H,4H2,1-3H3. The van der Waals surface area contributed by atoms with Crippen molar-refractivity contribution < 1.29 is 23.9 Å². The van der Waals surface area contributed by atoms with Gasteiger partial charge < -0.3 is 9.47 Å². The largest absolute Gasteiger partial charge is 0.467 e. The molecule has 0 spiro atoms. The number of carbonyl (C=O) groups excluding carboxylic acids is 3. The Morgan fingerprint density at radius 1 is 0.902 bits per heavy atom. The molecule has 2 heterocycles. The van der Waals surface area contributed by atoms with Crippen LogP contribution in [0, 0.1) is 6.92 Å². The Hall–Kier alpha value is -2.13. The monoisotopic (exact) mass is 616 g/mol. The van der Waals surface area contributed by atoms with Gasteiger partial charge in [-0.05, 0) is 38.8 Å². The van der Waals surface area contributed by atoms with E-state index in [1.54, 1.807) is 4.52 Å². The lowest BCUT2D eigenvalue weighted by atomic mass is 9.94. The SMILES string of the molecule is CCCCCCCCCCCCCCCCOC(=O)CCC(=O)Cl.Cc1[nH]n2c(C(C)(C)COC=O)nnc2c1Cl. The van der Waals surface area contributed by atoms with Gasteiger partial charge in [-0.2, -0.15) is 0 Å². The zero-order chi connectivity index (χ0) is 30.5. The summed E-state index contributed by atoms with van der Waals surface area (Å²) in [6.07, 6.45) is 18.5. The quantitative estimate of drug-likeness (QED) is 0.0615. The van der Waals surface area contributed by atoms with E-state index in [0.717, 1.165) is 18.5 Å². The highest BCUT2D eigenvalue weighted by molar-refractivity contribution is 6.63. The summed E-state index contributed by atoms with van der Waals surface area (Å²) in [6, 6.07) is 0. The lowest BCUT2D eigenvalue weighted by Crippen LogP contribution is -2.27. The van der Waals surface area contributed by atoms with E-state index in [1.165, 1.54) is 77.0 Å². The number of unbranched alkanes of at least 4 members (excludes halogenated alkanes) is 13. The molecule has 0 amide bonds. The molecule has 0 aliphatic heterocycles. The average molecular weight is 618 g/mol. The minimum atomic E-state index is -0.483. The summed E-state index contributed by atoms with van der Waals surface area (Å²) >= 11 is 11.2. The van der Waals surface area contributed by atoms with Gasteiger partial charge in [0.05, 0.1) is 24.1 Å². The third-order valence-corrected chi connectivity index (χ3v) is 7.51. The maximum atomic E-state index is 11.2. The van der Waals surface area contributed by atoms with Gasteiger partial charge in [0, 0.05) is 6.42 Å². The van der Waals surface area contributed by atoms with Crippen LogP contribution in [0.25, 0.3) is 5.65 Å². The summed E-state index contributed by atoms with van der Waals surface area (Å²) in [5.74, 6) is 0.350. The number of nitrogens with zero attached hydrogens (tertiary/aromatic N) is 3. The molecule has 9 nitrogen and oxygen atoms in total. The van der Waals surface area contributed by atoms with Gasteiger partial charge in [0.2, 0.25) is 5.24 Å². The number of aromatic amines is 1. The molecule has 2 aromatic rings. The summed E-state index contributed by atoms with van der Waals surface area (Å²) in [5, 5.41) is 11.2. The minimum Gasteiger partial charge on any atom is -0.467 e. The van der Waals surface area contributed by atoms with Crippen LogP contribution in [0.2, 0.25) is 5.02 Å². The van der Waals surface area contributed by atoms with Crippen LogP contribution in [0.3, 0.4) is 0 Å². The number of carbonyl (C=O) groups is 3. The number of hydrogen-bond donors (Lipinski definition) is 1. The van der Waals surface area contributed by atoms with Gasteiger partial charge in [-0.3, -0.25) is 19.5 Å². The number of hydrogen-bond acceptors (Lipinski definition) is 7. The fourth-order valence-electron chi connectivity index (χ4n) is 4.42. The van der Waals surface area contributed by atoms with Gasteiger partial charge in [-0.15, -0.1) is 10.2 Å². The van der Waals surface area contributed by atoms with Crippen molar-refractivity contribution in [1.82, 2.24) is 19.8 Å². The Labute approximate surface area is 255 Å². The summed E-state index contributed by atoms with van der Waals surface area (Å²) < 4.78 is 11.6. The Bertz CT molecular complexity index is 1020. The van der Waals surface area contributed by atoms with Gasteiger partial charge in [-0.25, -0.2) is 4.52 Å². The zero-order valence-corrected chi connectivity index (χ0v) is 27.0. The van der Waals surface area contributed by atoms with Gasteiger partial charge in [-0.1, -0.05) is 102 Å². The van der Waals surface area contributed by atoms with Crippen LogP contribution >= 0.6 is 23.2 Å². The number of halogens is 2. The van der Waals surface area contributed by atoms with E-state index < -0.39 is 10.7 Å². The van der Waals surface area contributed by atoms with E-state index >= 15 is 0 Å². The second-order valence-electron chi connectivity index (χ2n) is 11.2. The number of rotatable bonds is 22. The first-order chi connectivity index (χ1) is 19.6. The second kappa shape index (κ2) is 21.6. The van der Waals surface area contributed by atoms with E-state index in [-0.39, 0.29) is 25.4 Å². The van der Waals surface area contributed by atoms with Crippen LogP contribution in [-0.2, 0) is 29.3 Å². The predicted octanol–water partition coefficient (Wildman–Crippen LogP) is 8.03. The van der Waals surface area contributed by atoms with E-state index in [9.17, 15) is 14.4 Å². The second-order valence-corrected chi connectivity index (χ2v) is 12.0. The van der Waals surface area contributed by atoms with Crippen molar-refractivity contribution in [3.05, 3.63) is 16.5 Å². The van der Waals surface area contributed by atoms with Crippen molar-refractivity contribution in [3.63, 3.8) is 0 Å². The Balaban J connectivity index is 0.000000431. The van der Waals surface area contributed by atoms with E-state index in [1.807, 2.05) is 20.8 Å². The summed E-state index contributed by atoms with van der Waals surface area (Å²) in [5.41, 5.74) is 0.962. The fourth-order valence-corrected chi connectivity index (χ4v) is 4.68. The van der Waals surface area contributed by atoms with Crippen molar-refractivity contribution in [3.8, 4) is 0 Å². The van der Waals surface area contributed by atoms with Crippen molar-refractivity contribution in [1.29, 1.82) is 0 Å². The molecule has 0 aliphatic carbocycles. The van der Waals surface area contributed by atoms with Crippen LogP contribution in [0.5, 0.6) is 0 Å². The molecule has 0 fully saturated rings. The molecule has 1 N–H and O–H groups in total. The highest BCUT2D eigenvalue weighted by atomic mass is 35.5. The normalized spacial score (nSPS) is 11.3. The smallest absolute Gasteiger partial charge is 0.306 e. The molecule has 11 heteroatoms. The van der Waals surface area contributed by atoms with Crippen molar-refractivity contribution in [2.24, 2.45) is 0 Å². The predicted molar refractivity (Wildman–Crippen MR) is 163 cm³/mol.